The summed E-state index contributed by atoms with van der Waals surface area (Å²) in [4.78, 5) is 14.3. The van der Waals surface area contributed by atoms with Crippen LogP contribution < -0.4 is 16.0 Å². The normalized spacial score (nSPS) is 13.9. The zero-order chi connectivity index (χ0) is 18.5. The van der Waals surface area contributed by atoms with Gasteiger partial charge in [-0.2, -0.15) is 10.5 Å². The molecule has 26 heavy (non-hydrogen) atoms. The summed E-state index contributed by atoms with van der Waals surface area (Å²) >= 11 is 0. The molecule has 8 heteroatoms. The Balaban J connectivity index is 1.81. The number of H-pyrrole nitrogens is 1. The molecule has 3 N–H and O–H groups in total. The second-order valence-corrected chi connectivity index (χ2v) is 5.55. The molecule has 3 rings (SSSR count). The number of benzene rings is 1. The van der Waals surface area contributed by atoms with E-state index in [1.165, 1.54) is 0 Å². The molecular weight excluding hydrogens is 336 g/mol. The van der Waals surface area contributed by atoms with E-state index < -0.39 is 5.56 Å². The van der Waals surface area contributed by atoms with Gasteiger partial charge >= 0.3 is 0 Å². The minimum absolute atomic E-state index is 0.0605. The number of ether oxygens (including phenoxy) is 3. The summed E-state index contributed by atoms with van der Waals surface area (Å²) in [6.07, 6.45) is 0.383. The Hall–Kier alpha value is -3.33. The van der Waals surface area contributed by atoms with Gasteiger partial charge in [-0.25, -0.2) is 0 Å². The van der Waals surface area contributed by atoms with Gasteiger partial charge in [0.25, 0.3) is 5.56 Å². The molecule has 0 saturated carbocycles. The molecule has 0 atom stereocenters. The van der Waals surface area contributed by atoms with E-state index in [9.17, 15) is 15.3 Å². The van der Waals surface area contributed by atoms with Crippen LogP contribution in [0.25, 0.3) is 11.1 Å². The number of hydrogen-bond acceptors (Lipinski definition) is 7. The van der Waals surface area contributed by atoms with Crippen LogP contribution in [0.5, 0.6) is 5.75 Å². The number of nitriles is 2. The van der Waals surface area contributed by atoms with Gasteiger partial charge in [0.05, 0.1) is 19.8 Å². The largest absolute Gasteiger partial charge is 0.493 e. The maximum atomic E-state index is 12.0. The van der Waals surface area contributed by atoms with E-state index in [2.05, 4.69) is 4.98 Å². The van der Waals surface area contributed by atoms with Crippen LogP contribution in [0.2, 0.25) is 0 Å². The van der Waals surface area contributed by atoms with E-state index in [0.29, 0.717) is 37.6 Å². The van der Waals surface area contributed by atoms with Crippen LogP contribution in [0.15, 0.2) is 29.1 Å². The van der Waals surface area contributed by atoms with Crippen LogP contribution in [0.3, 0.4) is 0 Å². The number of nitrogens with two attached hydrogens (primary N) is 1. The van der Waals surface area contributed by atoms with E-state index in [1.807, 2.05) is 12.1 Å². The Kier molecular flexibility index (Phi) is 5.18. The monoisotopic (exact) mass is 352 g/mol. The van der Waals surface area contributed by atoms with E-state index in [0.717, 1.165) is 0 Å². The summed E-state index contributed by atoms with van der Waals surface area (Å²) in [6, 6.07) is 10.5. The Morgan fingerprint density at radius 3 is 2.42 bits per heavy atom. The van der Waals surface area contributed by atoms with Gasteiger partial charge in [0.15, 0.2) is 6.29 Å². The highest BCUT2D eigenvalue weighted by atomic mass is 16.7. The number of aromatic nitrogens is 1. The molecule has 8 nitrogen and oxygen atoms in total. The molecule has 1 aromatic carbocycles. The second-order valence-electron chi connectivity index (χ2n) is 5.55. The number of aromatic amines is 1. The molecule has 2 aromatic rings. The number of pyridine rings is 1. The molecule has 132 valence electrons. The lowest BCUT2D eigenvalue weighted by atomic mass is 9.97. The summed E-state index contributed by atoms with van der Waals surface area (Å²) in [7, 11) is 0. The zero-order valence-corrected chi connectivity index (χ0v) is 13.8. The number of hydrogen-bond donors (Lipinski definition) is 2. The molecule has 0 unspecified atom stereocenters. The predicted molar refractivity (Wildman–Crippen MR) is 92.1 cm³/mol. The Morgan fingerprint density at radius 1 is 1.15 bits per heavy atom. The molecule has 1 fully saturated rings. The molecule has 1 aliphatic rings. The van der Waals surface area contributed by atoms with Gasteiger partial charge in [-0.3, -0.25) is 4.79 Å². The van der Waals surface area contributed by atoms with Gasteiger partial charge in [-0.15, -0.1) is 0 Å². The molecule has 2 heterocycles. The summed E-state index contributed by atoms with van der Waals surface area (Å²) in [5.74, 6) is 0.546. The number of nitrogens with zero attached hydrogens (tertiary/aromatic N) is 2. The first-order valence-corrected chi connectivity index (χ1v) is 7.96. The maximum Gasteiger partial charge on any atom is 0.268 e. The van der Waals surface area contributed by atoms with Crippen molar-refractivity contribution in [2.45, 2.75) is 12.7 Å². The number of anilines is 1. The number of rotatable bonds is 5. The van der Waals surface area contributed by atoms with Crippen molar-refractivity contribution in [1.29, 1.82) is 10.5 Å². The highest BCUT2D eigenvalue weighted by Gasteiger charge is 2.18. The van der Waals surface area contributed by atoms with E-state index in [-0.39, 0.29) is 28.8 Å². The average Bonchev–Trinajstić information content (AvgIpc) is 3.15. The van der Waals surface area contributed by atoms with Crippen LogP contribution in [-0.2, 0) is 9.47 Å². The smallest absolute Gasteiger partial charge is 0.268 e. The lowest BCUT2D eigenvalue weighted by molar-refractivity contribution is -0.0531. The fourth-order valence-electron chi connectivity index (χ4n) is 2.70. The first kappa shape index (κ1) is 17.5. The molecule has 1 aromatic heterocycles. The summed E-state index contributed by atoms with van der Waals surface area (Å²) < 4.78 is 16.3. The standard InChI is InChI=1S/C18H16N4O4/c19-9-13-16(14(10-20)18(23)22-17(13)21)11-1-3-12(4-2-11)24-6-5-15-25-7-8-26-15/h1-4,15H,5-8H2,(H3,21,22,23). The Labute approximate surface area is 149 Å². The van der Waals surface area contributed by atoms with E-state index in [1.54, 1.807) is 24.3 Å². The second kappa shape index (κ2) is 7.70. The fraction of sp³-hybridized carbons (Fsp3) is 0.278. The number of nitrogens with one attached hydrogen (secondary N) is 1. The average molecular weight is 352 g/mol. The summed E-state index contributed by atoms with van der Waals surface area (Å²) in [5.41, 5.74) is 5.74. The zero-order valence-electron chi connectivity index (χ0n) is 13.8. The van der Waals surface area contributed by atoms with Crippen molar-refractivity contribution in [1.82, 2.24) is 4.98 Å². The first-order chi connectivity index (χ1) is 12.6. The topological polar surface area (TPSA) is 134 Å². The highest BCUT2D eigenvalue weighted by Crippen LogP contribution is 2.29. The van der Waals surface area contributed by atoms with Crippen molar-refractivity contribution in [2.75, 3.05) is 25.6 Å². The number of nitrogen functional groups attached to an aromatic ring is 1. The van der Waals surface area contributed by atoms with Crippen LogP contribution in [0, 0.1) is 22.7 Å². The van der Waals surface area contributed by atoms with Gasteiger partial charge < -0.3 is 24.9 Å². The molecule has 1 aliphatic heterocycles. The van der Waals surface area contributed by atoms with Crippen LogP contribution in [-0.4, -0.2) is 31.1 Å². The van der Waals surface area contributed by atoms with Crippen molar-refractivity contribution in [3.05, 3.63) is 45.7 Å². The molecule has 1 saturated heterocycles. The predicted octanol–water partition coefficient (Wildman–Crippen LogP) is 1.51. The van der Waals surface area contributed by atoms with Crippen molar-refractivity contribution in [3.8, 4) is 29.0 Å². The van der Waals surface area contributed by atoms with Crippen molar-refractivity contribution >= 4 is 5.82 Å². The molecular formula is C18H16N4O4. The Bertz CT molecular complexity index is 932. The highest BCUT2D eigenvalue weighted by molar-refractivity contribution is 5.80. The van der Waals surface area contributed by atoms with Gasteiger partial charge in [-0.1, -0.05) is 12.1 Å². The minimum Gasteiger partial charge on any atom is -0.493 e. The summed E-state index contributed by atoms with van der Waals surface area (Å²) in [6.45, 7) is 1.62. The maximum absolute atomic E-state index is 12.0. The quantitative estimate of drug-likeness (QED) is 0.832. The SMILES string of the molecule is N#Cc1c(N)[nH]c(=O)c(C#N)c1-c1ccc(OCCC2OCCO2)cc1. The first-order valence-electron chi connectivity index (χ1n) is 7.96. The van der Waals surface area contributed by atoms with Crippen molar-refractivity contribution in [3.63, 3.8) is 0 Å². The molecule has 0 amide bonds. The molecule has 0 radical (unpaired) electrons. The molecule has 0 spiro atoms. The van der Waals surface area contributed by atoms with Crippen LogP contribution in [0.4, 0.5) is 5.82 Å². The summed E-state index contributed by atoms with van der Waals surface area (Å²) in [5, 5.41) is 18.6. The lowest BCUT2D eigenvalue weighted by Gasteiger charge is -2.12. The van der Waals surface area contributed by atoms with E-state index in [4.69, 9.17) is 19.9 Å². The van der Waals surface area contributed by atoms with Gasteiger partial charge in [0.2, 0.25) is 0 Å². The van der Waals surface area contributed by atoms with Gasteiger partial charge in [0.1, 0.15) is 34.8 Å². The molecule has 0 bridgehead atoms. The van der Waals surface area contributed by atoms with Crippen molar-refractivity contribution < 1.29 is 14.2 Å². The third-order valence-corrected chi connectivity index (χ3v) is 3.92. The van der Waals surface area contributed by atoms with Gasteiger partial charge in [0, 0.05) is 12.0 Å². The fourth-order valence-corrected chi connectivity index (χ4v) is 2.70. The van der Waals surface area contributed by atoms with Gasteiger partial charge in [-0.05, 0) is 17.7 Å². The van der Waals surface area contributed by atoms with E-state index >= 15 is 0 Å². The lowest BCUT2D eigenvalue weighted by Crippen LogP contribution is -2.16. The Morgan fingerprint density at radius 2 is 1.81 bits per heavy atom. The third kappa shape index (κ3) is 3.52. The van der Waals surface area contributed by atoms with Crippen molar-refractivity contribution in [2.24, 2.45) is 0 Å². The minimum atomic E-state index is -0.629. The molecule has 0 aliphatic carbocycles. The third-order valence-electron chi connectivity index (χ3n) is 3.92. The van der Waals surface area contributed by atoms with Crippen LogP contribution in [0.1, 0.15) is 17.5 Å². The van der Waals surface area contributed by atoms with Crippen LogP contribution >= 0.6 is 0 Å².